The summed E-state index contributed by atoms with van der Waals surface area (Å²) in [6.07, 6.45) is 3.79. The number of ketones is 1. The van der Waals surface area contributed by atoms with Crippen LogP contribution in [0, 0.1) is 0 Å². The molecule has 30 heavy (non-hydrogen) atoms. The van der Waals surface area contributed by atoms with E-state index < -0.39 is 5.97 Å². The standard InChI is InChI=1S/C24H17NO4S/c1-2-25-14-15(17-6-3-4-7-19(17)25)12-21-23(26)18-10-9-16(13-20(18)29-21)28-24(27)22-8-5-11-30-22/h3-14H,2H2,1H3. The quantitative estimate of drug-likeness (QED) is 0.249. The average molecular weight is 415 g/mol. The van der Waals surface area contributed by atoms with Crippen molar-refractivity contribution in [3.63, 3.8) is 0 Å². The molecule has 3 heterocycles. The second kappa shape index (κ2) is 7.31. The van der Waals surface area contributed by atoms with Gasteiger partial charge >= 0.3 is 5.97 Å². The van der Waals surface area contributed by atoms with Crippen LogP contribution in [-0.2, 0) is 6.54 Å². The number of ether oxygens (including phenoxy) is 2. The first kappa shape index (κ1) is 18.4. The SMILES string of the molecule is CCn1cc(C=C2Oc3cc(OC(=O)c4cccs4)ccc3C2=O)c2ccccc21. The van der Waals surface area contributed by atoms with E-state index in [-0.39, 0.29) is 11.5 Å². The summed E-state index contributed by atoms with van der Waals surface area (Å²) in [5.41, 5.74) is 2.49. The van der Waals surface area contributed by atoms with Gasteiger partial charge in [-0.25, -0.2) is 4.79 Å². The first-order valence-corrected chi connectivity index (χ1v) is 10.4. The summed E-state index contributed by atoms with van der Waals surface area (Å²) in [5.74, 6) is 0.364. The summed E-state index contributed by atoms with van der Waals surface area (Å²) in [7, 11) is 0. The monoisotopic (exact) mass is 415 g/mol. The molecule has 148 valence electrons. The van der Waals surface area contributed by atoms with Crippen LogP contribution in [0.5, 0.6) is 11.5 Å². The van der Waals surface area contributed by atoms with Crippen molar-refractivity contribution in [2.45, 2.75) is 13.5 Å². The summed E-state index contributed by atoms with van der Waals surface area (Å²) < 4.78 is 13.4. The summed E-state index contributed by atoms with van der Waals surface area (Å²) >= 11 is 1.31. The van der Waals surface area contributed by atoms with Gasteiger partial charge in [0.05, 0.1) is 5.56 Å². The lowest BCUT2D eigenvalue weighted by molar-refractivity contribution is 0.0739. The average Bonchev–Trinajstić information content (AvgIpc) is 3.48. The highest BCUT2D eigenvalue weighted by Gasteiger charge is 2.28. The zero-order chi connectivity index (χ0) is 20.7. The topological polar surface area (TPSA) is 57.5 Å². The van der Waals surface area contributed by atoms with Crippen LogP contribution in [0.15, 0.2) is 71.9 Å². The van der Waals surface area contributed by atoms with Crippen molar-refractivity contribution < 1.29 is 19.1 Å². The second-order valence-corrected chi connectivity index (χ2v) is 7.80. The number of nitrogens with zero attached hydrogens (tertiary/aromatic N) is 1. The van der Waals surface area contributed by atoms with Crippen molar-refractivity contribution >= 4 is 40.1 Å². The molecular formula is C24H17NO4S. The van der Waals surface area contributed by atoms with E-state index in [0.717, 1.165) is 23.0 Å². The third kappa shape index (κ3) is 3.11. The van der Waals surface area contributed by atoms with Crippen molar-refractivity contribution in [3.8, 4) is 11.5 Å². The van der Waals surface area contributed by atoms with Crippen LogP contribution in [0.1, 0.15) is 32.5 Å². The zero-order valence-electron chi connectivity index (χ0n) is 16.1. The fraction of sp³-hybridized carbons (Fsp3) is 0.0833. The van der Waals surface area contributed by atoms with Crippen LogP contribution in [0.25, 0.3) is 17.0 Å². The molecule has 0 N–H and O–H groups in total. The van der Waals surface area contributed by atoms with E-state index in [1.807, 2.05) is 29.8 Å². The number of thiophene rings is 1. The fourth-order valence-electron chi connectivity index (χ4n) is 3.58. The fourth-order valence-corrected chi connectivity index (χ4v) is 4.17. The molecular weight excluding hydrogens is 398 g/mol. The molecule has 0 saturated carbocycles. The van der Waals surface area contributed by atoms with Gasteiger partial charge < -0.3 is 14.0 Å². The van der Waals surface area contributed by atoms with Crippen LogP contribution >= 0.6 is 11.3 Å². The highest BCUT2D eigenvalue weighted by atomic mass is 32.1. The van der Waals surface area contributed by atoms with Gasteiger partial charge in [0.15, 0.2) is 5.76 Å². The van der Waals surface area contributed by atoms with Crippen LogP contribution in [0.2, 0.25) is 0 Å². The molecule has 5 nitrogen and oxygen atoms in total. The molecule has 2 aromatic heterocycles. The van der Waals surface area contributed by atoms with Gasteiger partial charge in [0.2, 0.25) is 5.78 Å². The van der Waals surface area contributed by atoms with Crippen LogP contribution in [-0.4, -0.2) is 16.3 Å². The molecule has 2 aromatic carbocycles. The number of Topliss-reactive ketones (excluding diaryl/α,β-unsaturated/α-hetero) is 1. The van der Waals surface area contributed by atoms with Crippen LogP contribution in [0.4, 0.5) is 0 Å². The van der Waals surface area contributed by atoms with Crippen LogP contribution in [0.3, 0.4) is 0 Å². The number of hydrogen-bond donors (Lipinski definition) is 0. The lowest BCUT2D eigenvalue weighted by atomic mass is 10.1. The normalized spacial score (nSPS) is 14.2. The molecule has 0 radical (unpaired) electrons. The third-order valence-corrected chi connectivity index (χ3v) is 5.87. The van der Waals surface area contributed by atoms with Gasteiger partial charge in [-0.1, -0.05) is 24.3 Å². The van der Waals surface area contributed by atoms with E-state index >= 15 is 0 Å². The Morgan fingerprint density at radius 2 is 2.03 bits per heavy atom. The number of para-hydroxylation sites is 1. The number of carbonyl (C=O) groups is 2. The molecule has 0 bridgehead atoms. The minimum atomic E-state index is -0.433. The molecule has 1 aliphatic heterocycles. The summed E-state index contributed by atoms with van der Waals surface area (Å²) in [6, 6.07) is 16.4. The molecule has 0 unspecified atom stereocenters. The number of carbonyl (C=O) groups excluding carboxylic acids is 2. The minimum absolute atomic E-state index is 0.186. The van der Waals surface area contributed by atoms with Gasteiger partial charge in [0.1, 0.15) is 16.4 Å². The Morgan fingerprint density at radius 1 is 1.17 bits per heavy atom. The number of benzene rings is 2. The number of esters is 1. The van der Waals surface area contributed by atoms with Crippen molar-refractivity contribution in [3.05, 3.63) is 87.9 Å². The van der Waals surface area contributed by atoms with E-state index in [4.69, 9.17) is 9.47 Å². The smallest absolute Gasteiger partial charge is 0.353 e. The summed E-state index contributed by atoms with van der Waals surface area (Å²) in [6.45, 7) is 2.91. The van der Waals surface area contributed by atoms with Crippen molar-refractivity contribution in [2.24, 2.45) is 0 Å². The maximum Gasteiger partial charge on any atom is 0.353 e. The molecule has 4 aromatic rings. The Kier molecular flexibility index (Phi) is 4.48. The Labute approximate surface area is 176 Å². The van der Waals surface area contributed by atoms with Gasteiger partial charge in [0, 0.05) is 35.3 Å². The van der Waals surface area contributed by atoms with Gasteiger partial charge in [-0.15, -0.1) is 11.3 Å². The first-order valence-electron chi connectivity index (χ1n) is 9.56. The molecule has 0 spiro atoms. The Hall–Kier alpha value is -3.64. The first-order chi connectivity index (χ1) is 14.6. The lowest BCUT2D eigenvalue weighted by Gasteiger charge is -2.04. The minimum Gasteiger partial charge on any atom is -0.452 e. The molecule has 0 fully saturated rings. The third-order valence-electron chi connectivity index (χ3n) is 5.02. The predicted molar refractivity (Wildman–Crippen MR) is 116 cm³/mol. The Balaban J connectivity index is 1.45. The molecule has 1 aliphatic rings. The van der Waals surface area contributed by atoms with E-state index in [0.29, 0.717) is 21.9 Å². The molecule has 6 heteroatoms. The van der Waals surface area contributed by atoms with E-state index in [1.165, 1.54) is 11.3 Å². The molecule has 0 aliphatic carbocycles. The number of aromatic nitrogens is 1. The van der Waals surface area contributed by atoms with Crippen molar-refractivity contribution in [2.75, 3.05) is 0 Å². The van der Waals surface area contributed by atoms with Crippen LogP contribution < -0.4 is 9.47 Å². The number of hydrogen-bond acceptors (Lipinski definition) is 5. The van der Waals surface area contributed by atoms with Gasteiger partial charge in [-0.05, 0) is 42.6 Å². The molecule has 5 rings (SSSR count). The van der Waals surface area contributed by atoms with E-state index in [9.17, 15) is 9.59 Å². The predicted octanol–water partition coefficient (Wildman–Crippen LogP) is 5.56. The van der Waals surface area contributed by atoms with Gasteiger partial charge in [-0.2, -0.15) is 0 Å². The largest absolute Gasteiger partial charge is 0.452 e. The molecule has 0 amide bonds. The van der Waals surface area contributed by atoms with Crippen molar-refractivity contribution in [1.82, 2.24) is 4.57 Å². The molecule has 0 atom stereocenters. The maximum absolute atomic E-state index is 12.8. The van der Waals surface area contributed by atoms with E-state index in [2.05, 4.69) is 17.6 Å². The lowest BCUT2D eigenvalue weighted by Crippen LogP contribution is -2.06. The second-order valence-electron chi connectivity index (χ2n) is 6.85. The highest BCUT2D eigenvalue weighted by Crippen LogP contribution is 2.36. The van der Waals surface area contributed by atoms with Crippen molar-refractivity contribution in [1.29, 1.82) is 0 Å². The number of rotatable bonds is 4. The Bertz CT molecular complexity index is 1310. The maximum atomic E-state index is 12.8. The summed E-state index contributed by atoms with van der Waals surface area (Å²) in [5, 5.41) is 2.87. The number of fused-ring (bicyclic) bond motifs is 2. The Morgan fingerprint density at radius 3 is 2.83 bits per heavy atom. The summed E-state index contributed by atoms with van der Waals surface area (Å²) in [4.78, 5) is 25.5. The number of aryl methyl sites for hydroxylation is 1. The number of allylic oxidation sites excluding steroid dienone is 1. The highest BCUT2D eigenvalue weighted by molar-refractivity contribution is 7.12. The van der Waals surface area contributed by atoms with Gasteiger partial charge in [0.25, 0.3) is 0 Å². The van der Waals surface area contributed by atoms with E-state index in [1.54, 1.807) is 36.4 Å². The van der Waals surface area contributed by atoms with Gasteiger partial charge in [-0.3, -0.25) is 4.79 Å². The zero-order valence-corrected chi connectivity index (χ0v) is 16.9. The molecule has 0 saturated heterocycles.